The van der Waals surface area contributed by atoms with E-state index in [1.165, 1.54) is 4.90 Å². The van der Waals surface area contributed by atoms with E-state index in [0.717, 1.165) is 11.1 Å². The third-order valence-corrected chi connectivity index (χ3v) is 3.04. The van der Waals surface area contributed by atoms with Gasteiger partial charge in [-0.25, -0.2) is 0 Å². The topological polar surface area (TPSA) is 89.4 Å². The molecule has 1 fully saturated rings. The van der Waals surface area contributed by atoms with Gasteiger partial charge in [0.05, 0.1) is 0 Å². The van der Waals surface area contributed by atoms with Crippen LogP contribution in [-0.2, 0) is 22.7 Å². The molecule has 0 saturated carbocycles. The first-order valence-electron chi connectivity index (χ1n) is 5.82. The molecule has 1 saturated heterocycles. The molecule has 0 aromatic heterocycles. The maximum atomic E-state index is 11.7. The molecule has 1 aliphatic rings. The van der Waals surface area contributed by atoms with Crippen molar-refractivity contribution in [1.29, 1.82) is 0 Å². The minimum atomic E-state index is -0.598. The number of likely N-dealkylation sites (tertiary alicyclic amines) is 1. The van der Waals surface area contributed by atoms with Gasteiger partial charge in [0, 0.05) is 25.9 Å². The summed E-state index contributed by atoms with van der Waals surface area (Å²) >= 11 is 0. The molecule has 2 amide bonds. The van der Waals surface area contributed by atoms with Crippen LogP contribution in [0.25, 0.3) is 0 Å². The Balaban J connectivity index is 2.16. The van der Waals surface area contributed by atoms with Gasteiger partial charge in [-0.15, -0.1) is 0 Å². The molecule has 2 rings (SSSR count). The molecule has 1 aromatic rings. The second-order valence-corrected chi connectivity index (χ2v) is 4.33. The molecule has 1 aromatic carbocycles. The Hall–Kier alpha value is -1.88. The summed E-state index contributed by atoms with van der Waals surface area (Å²) in [6.45, 7) is 0.837. The van der Waals surface area contributed by atoms with Crippen molar-refractivity contribution in [2.75, 3.05) is 0 Å². The number of primary amides is 1. The van der Waals surface area contributed by atoms with Crippen LogP contribution in [0, 0.1) is 6.42 Å². The number of nitrogens with two attached hydrogens (primary N) is 2. The molecule has 4 N–H and O–H groups in total. The Kier molecular flexibility index (Phi) is 3.62. The highest BCUT2D eigenvalue weighted by molar-refractivity contribution is 5.92. The van der Waals surface area contributed by atoms with Gasteiger partial charge < -0.3 is 16.4 Å². The van der Waals surface area contributed by atoms with Crippen LogP contribution in [-0.4, -0.2) is 22.8 Å². The highest BCUT2D eigenvalue weighted by Gasteiger charge is 2.34. The van der Waals surface area contributed by atoms with Crippen LogP contribution in [0.1, 0.15) is 17.5 Å². The van der Waals surface area contributed by atoms with E-state index >= 15 is 0 Å². The molecule has 1 heterocycles. The van der Waals surface area contributed by atoms with E-state index in [1.54, 1.807) is 6.42 Å². The third-order valence-electron chi connectivity index (χ3n) is 3.04. The number of rotatable bonds is 4. The molecular weight excluding hydrogens is 230 g/mol. The van der Waals surface area contributed by atoms with E-state index in [4.69, 9.17) is 11.5 Å². The van der Waals surface area contributed by atoms with Crippen molar-refractivity contribution >= 4 is 11.8 Å². The summed E-state index contributed by atoms with van der Waals surface area (Å²) in [6, 6.07) is 7.06. The van der Waals surface area contributed by atoms with Gasteiger partial charge in [0.15, 0.2) is 0 Å². The van der Waals surface area contributed by atoms with E-state index in [0.29, 0.717) is 13.1 Å². The minimum Gasteiger partial charge on any atom is -0.368 e. The van der Waals surface area contributed by atoms with Gasteiger partial charge in [-0.1, -0.05) is 24.3 Å². The molecule has 18 heavy (non-hydrogen) atoms. The van der Waals surface area contributed by atoms with Crippen LogP contribution in [0.4, 0.5) is 0 Å². The molecule has 5 heteroatoms. The number of amides is 2. The molecule has 1 atom stereocenters. The predicted octanol–water partition coefficient (Wildman–Crippen LogP) is -0.0642. The largest absolute Gasteiger partial charge is 0.368 e. The Morgan fingerprint density at radius 3 is 2.78 bits per heavy atom. The zero-order valence-corrected chi connectivity index (χ0v) is 10.0. The van der Waals surface area contributed by atoms with E-state index in [2.05, 4.69) is 0 Å². The lowest BCUT2D eigenvalue weighted by atomic mass is 10.1. The molecule has 0 bridgehead atoms. The fraction of sp³-hybridized carbons (Fsp3) is 0.308. The quantitative estimate of drug-likeness (QED) is 0.779. The van der Waals surface area contributed by atoms with Gasteiger partial charge in [-0.05, 0) is 11.1 Å². The van der Waals surface area contributed by atoms with Gasteiger partial charge in [-0.2, -0.15) is 0 Å². The van der Waals surface area contributed by atoms with Gasteiger partial charge >= 0.3 is 0 Å². The minimum absolute atomic E-state index is 0.0723. The lowest BCUT2D eigenvalue weighted by molar-refractivity contribution is -0.134. The zero-order valence-electron chi connectivity index (χ0n) is 10.0. The molecule has 0 spiro atoms. The molecule has 5 nitrogen and oxygen atoms in total. The highest BCUT2D eigenvalue weighted by atomic mass is 16.2. The number of hydrogen-bond donors (Lipinski definition) is 2. The summed E-state index contributed by atoms with van der Waals surface area (Å²) in [6.07, 6.45) is 1.92. The summed E-state index contributed by atoms with van der Waals surface area (Å²) in [5.41, 5.74) is 12.8. The maximum absolute atomic E-state index is 11.7. The Bertz CT molecular complexity index is 473. The predicted molar refractivity (Wildman–Crippen MR) is 66.8 cm³/mol. The number of benzene rings is 1. The summed E-state index contributed by atoms with van der Waals surface area (Å²) in [4.78, 5) is 24.5. The highest BCUT2D eigenvalue weighted by Crippen LogP contribution is 2.20. The number of hydrogen-bond acceptors (Lipinski definition) is 3. The van der Waals surface area contributed by atoms with Gasteiger partial charge in [0.25, 0.3) is 0 Å². The third kappa shape index (κ3) is 2.51. The van der Waals surface area contributed by atoms with Crippen LogP contribution in [0.3, 0.4) is 0 Å². The first-order valence-corrected chi connectivity index (χ1v) is 5.82. The first kappa shape index (κ1) is 12.6. The van der Waals surface area contributed by atoms with Gasteiger partial charge in [-0.3, -0.25) is 9.59 Å². The first-order chi connectivity index (χ1) is 8.61. The van der Waals surface area contributed by atoms with Crippen LogP contribution >= 0.6 is 0 Å². The van der Waals surface area contributed by atoms with Crippen molar-refractivity contribution < 1.29 is 9.59 Å². The Morgan fingerprint density at radius 2 is 2.11 bits per heavy atom. The van der Waals surface area contributed by atoms with E-state index in [1.807, 2.05) is 24.3 Å². The van der Waals surface area contributed by atoms with Crippen LogP contribution in [0.2, 0.25) is 0 Å². The SMILES string of the molecule is NCc1cccc(CN2C(=O)C[CH]C2C(N)=O)c1. The molecule has 1 unspecified atom stereocenters. The average Bonchev–Trinajstić information content (AvgIpc) is 2.71. The van der Waals surface area contributed by atoms with E-state index < -0.39 is 11.9 Å². The van der Waals surface area contributed by atoms with Crippen molar-refractivity contribution in [2.45, 2.75) is 25.6 Å². The van der Waals surface area contributed by atoms with Crippen molar-refractivity contribution in [2.24, 2.45) is 11.5 Å². The monoisotopic (exact) mass is 246 g/mol. The molecule has 0 aliphatic carbocycles. The lowest BCUT2D eigenvalue weighted by Crippen LogP contribution is -2.41. The van der Waals surface area contributed by atoms with Crippen molar-refractivity contribution in [3.8, 4) is 0 Å². The normalized spacial score (nSPS) is 19.3. The van der Waals surface area contributed by atoms with Crippen molar-refractivity contribution in [1.82, 2.24) is 4.90 Å². The summed E-state index contributed by atoms with van der Waals surface area (Å²) in [5, 5.41) is 0. The second-order valence-electron chi connectivity index (χ2n) is 4.33. The number of carbonyl (C=O) groups excluding carboxylic acids is 2. The summed E-state index contributed by atoms with van der Waals surface area (Å²) in [5.74, 6) is -0.562. The van der Waals surface area contributed by atoms with Crippen LogP contribution in [0.5, 0.6) is 0 Å². The number of nitrogens with zero attached hydrogens (tertiary/aromatic N) is 1. The maximum Gasteiger partial charge on any atom is 0.240 e. The fourth-order valence-corrected chi connectivity index (χ4v) is 2.12. The van der Waals surface area contributed by atoms with Crippen molar-refractivity contribution in [3.63, 3.8) is 0 Å². The van der Waals surface area contributed by atoms with Gasteiger partial charge in [0.2, 0.25) is 11.8 Å². The smallest absolute Gasteiger partial charge is 0.240 e. The molecule has 1 radical (unpaired) electrons. The van der Waals surface area contributed by atoms with E-state index in [9.17, 15) is 9.59 Å². The van der Waals surface area contributed by atoms with Crippen LogP contribution in [0.15, 0.2) is 24.3 Å². The average molecular weight is 246 g/mol. The van der Waals surface area contributed by atoms with E-state index in [-0.39, 0.29) is 12.3 Å². The van der Waals surface area contributed by atoms with Gasteiger partial charge in [0.1, 0.15) is 6.04 Å². The Morgan fingerprint density at radius 1 is 1.39 bits per heavy atom. The Labute approximate surface area is 106 Å². The lowest BCUT2D eigenvalue weighted by Gasteiger charge is -2.22. The fourth-order valence-electron chi connectivity index (χ4n) is 2.12. The summed E-state index contributed by atoms with van der Waals surface area (Å²) in [7, 11) is 0. The second kappa shape index (κ2) is 5.18. The summed E-state index contributed by atoms with van der Waals surface area (Å²) < 4.78 is 0. The van der Waals surface area contributed by atoms with Crippen molar-refractivity contribution in [3.05, 3.63) is 41.8 Å². The zero-order chi connectivity index (χ0) is 13.1. The molecular formula is C13H16N3O2. The molecule has 95 valence electrons. The van der Waals surface area contributed by atoms with Crippen LogP contribution < -0.4 is 11.5 Å². The standard InChI is InChI=1S/C13H16N3O2/c14-7-9-2-1-3-10(6-9)8-16-11(13(15)18)4-5-12(16)17/h1-4,6,11H,5,7-8,14H2,(H2,15,18). The number of carbonyl (C=O) groups is 2. The molecule has 1 aliphatic heterocycles.